The van der Waals surface area contributed by atoms with Gasteiger partial charge in [-0.1, -0.05) is 32.0 Å². The lowest BCUT2D eigenvalue weighted by atomic mass is 10.2. The summed E-state index contributed by atoms with van der Waals surface area (Å²) in [5.74, 6) is 1.73. The van der Waals surface area contributed by atoms with E-state index < -0.39 is 0 Å². The summed E-state index contributed by atoms with van der Waals surface area (Å²) in [5, 5.41) is 6.70. The van der Waals surface area contributed by atoms with Crippen molar-refractivity contribution in [3.05, 3.63) is 29.8 Å². The Hall–Kier alpha value is -1.83. The largest absolute Gasteiger partial charge is 0.492 e. The first-order valence-corrected chi connectivity index (χ1v) is 11.9. The van der Waals surface area contributed by atoms with Gasteiger partial charge in [-0.2, -0.15) is 0 Å². The van der Waals surface area contributed by atoms with Gasteiger partial charge in [-0.15, -0.1) is 0 Å². The summed E-state index contributed by atoms with van der Waals surface area (Å²) >= 11 is 0. The number of likely N-dealkylation sites (N-methyl/N-ethyl adjacent to an activating group) is 1. The summed E-state index contributed by atoms with van der Waals surface area (Å²) in [6, 6.07) is 8.16. The fraction of sp³-hybridized carbons (Fsp3) is 0.708. The van der Waals surface area contributed by atoms with Crippen molar-refractivity contribution in [1.29, 1.82) is 0 Å². The predicted octanol–water partition coefficient (Wildman–Crippen LogP) is 3.05. The Balaban J connectivity index is 1.74. The van der Waals surface area contributed by atoms with Gasteiger partial charge in [-0.3, -0.25) is 0 Å². The second-order valence-electron chi connectivity index (χ2n) is 7.67. The van der Waals surface area contributed by atoms with Gasteiger partial charge in [-0.05, 0) is 45.3 Å². The quantitative estimate of drug-likeness (QED) is 0.251. The van der Waals surface area contributed by atoms with Crippen LogP contribution < -0.4 is 15.4 Å². The Morgan fingerprint density at radius 3 is 2.74 bits per heavy atom. The Labute approximate surface area is 188 Å². The summed E-state index contributed by atoms with van der Waals surface area (Å²) in [7, 11) is 0. The molecule has 1 unspecified atom stereocenters. The lowest BCUT2D eigenvalue weighted by Gasteiger charge is -2.19. The van der Waals surface area contributed by atoms with Crippen LogP contribution in [-0.2, 0) is 16.0 Å². The topological polar surface area (TPSA) is 67.4 Å². The molecule has 0 aliphatic carbocycles. The zero-order chi connectivity index (χ0) is 22.2. The van der Waals surface area contributed by atoms with Crippen LogP contribution in [-0.4, -0.2) is 76.1 Å². The minimum Gasteiger partial charge on any atom is -0.492 e. The Morgan fingerprint density at radius 1 is 1.16 bits per heavy atom. The number of hydrogen-bond acceptors (Lipinski definition) is 5. The SMILES string of the molecule is CCNC(=NCc1ccccc1OCCN(CC)CC)NCCCOCC1CCCO1. The van der Waals surface area contributed by atoms with E-state index in [1.54, 1.807) is 0 Å². The van der Waals surface area contributed by atoms with Crippen LogP contribution in [0.25, 0.3) is 0 Å². The third-order valence-electron chi connectivity index (χ3n) is 5.37. The first-order valence-electron chi connectivity index (χ1n) is 11.9. The molecule has 0 aromatic heterocycles. The van der Waals surface area contributed by atoms with Crippen LogP contribution in [0.3, 0.4) is 0 Å². The fourth-order valence-corrected chi connectivity index (χ4v) is 3.48. The molecule has 1 aromatic carbocycles. The van der Waals surface area contributed by atoms with Crippen molar-refractivity contribution in [3.8, 4) is 5.75 Å². The molecular formula is C24H42N4O3. The number of guanidine groups is 1. The molecule has 2 rings (SSSR count). The number of ether oxygens (including phenoxy) is 3. The third-order valence-corrected chi connectivity index (χ3v) is 5.37. The van der Waals surface area contributed by atoms with Crippen molar-refractivity contribution >= 4 is 5.96 Å². The summed E-state index contributed by atoms with van der Waals surface area (Å²) < 4.78 is 17.4. The van der Waals surface area contributed by atoms with Crippen LogP contribution in [0, 0.1) is 0 Å². The zero-order valence-electron chi connectivity index (χ0n) is 19.7. The van der Waals surface area contributed by atoms with Gasteiger partial charge in [-0.25, -0.2) is 4.99 Å². The van der Waals surface area contributed by atoms with E-state index in [0.717, 1.165) is 82.5 Å². The van der Waals surface area contributed by atoms with E-state index in [-0.39, 0.29) is 0 Å². The molecule has 2 N–H and O–H groups in total. The van der Waals surface area contributed by atoms with E-state index >= 15 is 0 Å². The van der Waals surface area contributed by atoms with Crippen molar-refractivity contribution in [2.45, 2.75) is 52.7 Å². The molecule has 1 heterocycles. The molecule has 1 aliphatic rings. The normalized spacial score (nSPS) is 16.6. The second kappa shape index (κ2) is 15.9. The highest BCUT2D eigenvalue weighted by molar-refractivity contribution is 5.79. The molecule has 31 heavy (non-hydrogen) atoms. The molecule has 1 fully saturated rings. The molecule has 0 amide bonds. The first-order chi connectivity index (χ1) is 15.3. The number of nitrogens with zero attached hydrogens (tertiary/aromatic N) is 2. The third kappa shape index (κ3) is 10.4. The number of nitrogens with one attached hydrogen (secondary N) is 2. The molecular weight excluding hydrogens is 392 g/mol. The van der Waals surface area contributed by atoms with Crippen molar-refractivity contribution in [1.82, 2.24) is 15.5 Å². The number of benzene rings is 1. The smallest absolute Gasteiger partial charge is 0.191 e. The van der Waals surface area contributed by atoms with E-state index in [1.165, 1.54) is 0 Å². The lowest BCUT2D eigenvalue weighted by Crippen LogP contribution is -2.38. The molecule has 7 nitrogen and oxygen atoms in total. The minimum absolute atomic E-state index is 0.293. The van der Waals surface area contributed by atoms with Crippen LogP contribution in [0.2, 0.25) is 0 Å². The van der Waals surface area contributed by atoms with Crippen LogP contribution in [0.4, 0.5) is 0 Å². The van der Waals surface area contributed by atoms with Crippen LogP contribution >= 0.6 is 0 Å². The van der Waals surface area contributed by atoms with Gasteiger partial charge in [0.05, 0.1) is 19.3 Å². The van der Waals surface area contributed by atoms with E-state index in [0.29, 0.717) is 25.9 Å². The Bertz CT molecular complexity index is 617. The monoisotopic (exact) mass is 434 g/mol. The van der Waals surface area contributed by atoms with Gasteiger partial charge in [0.1, 0.15) is 12.4 Å². The number of hydrogen-bond donors (Lipinski definition) is 2. The maximum atomic E-state index is 6.05. The highest BCUT2D eigenvalue weighted by Gasteiger charge is 2.14. The number of rotatable bonds is 15. The van der Waals surface area contributed by atoms with Gasteiger partial charge in [0.25, 0.3) is 0 Å². The highest BCUT2D eigenvalue weighted by Crippen LogP contribution is 2.19. The molecule has 1 aromatic rings. The number of aliphatic imine (C=N–C) groups is 1. The van der Waals surface area contributed by atoms with E-state index in [4.69, 9.17) is 19.2 Å². The first kappa shape index (κ1) is 25.4. The van der Waals surface area contributed by atoms with Crippen LogP contribution in [0.15, 0.2) is 29.3 Å². The van der Waals surface area contributed by atoms with E-state index in [2.05, 4.69) is 42.4 Å². The van der Waals surface area contributed by atoms with Gasteiger partial charge >= 0.3 is 0 Å². The average molecular weight is 435 g/mol. The number of para-hydroxylation sites is 1. The molecule has 1 saturated heterocycles. The maximum absolute atomic E-state index is 6.05. The summed E-state index contributed by atoms with van der Waals surface area (Å²) in [5.41, 5.74) is 1.10. The lowest BCUT2D eigenvalue weighted by molar-refractivity contribution is 0.0168. The van der Waals surface area contributed by atoms with E-state index in [1.807, 2.05) is 18.2 Å². The molecule has 0 saturated carbocycles. The highest BCUT2D eigenvalue weighted by atomic mass is 16.5. The van der Waals surface area contributed by atoms with Crippen molar-refractivity contribution in [3.63, 3.8) is 0 Å². The standard InChI is InChI=1S/C24H42N4O3/c1-4-25-24(26-14-10-16-29-20-22-12-9-17-30-22)27-19-21-11-7-8-13-23(21)31-18-15-28(5-2)6-3/h7-8,11,13,22H,4-6,9-10,12,14-20H2,1-3H3,(H2,25,26,27). The molecule has 0 bridgehead atoms. The summed E-state index contributed by atoms with van der Waals surface area (Å²) in [6.45, 7) is 14.7. The molecule has 0 radical (unpaired) electrons. The second-order valence-corrected chi connectivity index (χ2v) is 7.67. The van der Waals surface area contributed by atoms with Gasteiger partial charge < -0.3 is 29.7 Å². The molecule has 176 valence electrons. The van der Waals surface area contributed by atoms with Crippen LogP contribution in [0.5, 0.6) is 5.75 Å². The van der Waals surface area contributed by atoms with Crippen molar-refractivity contribution in [2.75, 3.05) is 59.2 Å². The van der Waals surface area contributed by atoms with E-state index in [9.17, 15) is 0 Å². The molecule has 1 aliphatic heterocycles. The average Bonchev–Trinajstić information content (AvgIpc) is 3.31. The zero-order valence-corrected chi connectivity index (χ0v) is 19.7. The summed E-state index contributed by atoms with van der Waals surface area (Å²) in [6.07, 6.45) is 3.50. The Morgan fingerprint density at radius 2 is 2.00 bits per heavy atom. The minimum atomic E-state index is 0.293. The van der Waals surface area contributed by atoms with Crippen molar-refractivity contribution < 1.29 is 14.2 Å². The summed E-state index contributed by atoms with van der Waals surface area (Å²) in [4.78, 5) is 7.10. The predicted molar refractivity (Wildman–Crippen MR) is 127 cm³/mol. The van der Waals surface area contributed by atoms with Gasteiger partial charge in [0.15, 0.2) is 5.96 Å². The molecule has 1 atom stereocenters. The van der Waals surface area contributed by atoms with Gasteiger partial charge in [0.2, 0.25) is 0 Å². The molecule has 0 spiro atoms. The van der Waals surface area contributed by atoms with Crippen molar-refractivity contribution in [2.24, 2.45) is 4.99 Å². The molecule has 7 heteroatoms. The fourth-order valence-electron chi connectivity index (χ4n) is 3.48. The van der Waals surface area contributed by atoms with Gasteiger partial charge in [0, 0.05) is 38.4 Å². The Kier molecular flexibility index (Phi) is 13.0. The maximum Gasteiger partial charge on any atom is 0.191 e. The van der Waals surface area contributed by atoms with Crippen LogP contribution in [0.1, 0.15) is 45.6 Å².